The van der Waals surface area contributed by atoms with Gasteiger partial charge in [-0.3, -0.25) is 4.72 Å². The first-order valence-corrected chi connectivity index (χ1v) is 7.66. The van der Waals surface area contributed by atoms with Crippen LogP contribution in [0.2, 0.25) is 5.02 Å². The second-order valence-electron chi connectivity index (χ2n) is 4.20. The molecule has 3 N–H and O–H groups in total. The van der Waals surface area contributed by atoms with Crippen LogP contribution in [0, 0.1) is 11.6 Å². The molecule has 0 heterocycles. The topological polar surface area (TPSA) is 72.2 Å². The molecule has 0 aliphatic rings. The molecule has 0 atom stereocenters. The lowest BCUT2D eigenvalue weighted by atomic mass is 10.2. The fourth-order valence-corrected chi connectivity index (χ4v) is 2.96. The van der Waals surface area contributed by atoms with Gasteiger partial charge in [0.1, 0.15) is 16.5 Å². The second kappa shape index (κ2) is 5.97. The highest BCUT2D eigenvalue weighted by molar-refractivity contribution is 7.92. The van der Waals surface area contributed by atoms with Gasteiger partial charge in [0.25, 0.3) is 10.0 Å². The molecule has 0 spiro atoms. The average molecular weight is 333 g/mol. The molecule has 4 nitrogen and oxygen atoms in total. The number of halogens is 3. The zero-order valence-electron chi connectivity index (χ0n) is 10.6. The van der Waals surface area contributed by atoms with E-state index < -0.39 is 26.6 Å². The minimum atomic E-state index is -4.27. The molecule has 0 amide bonds. The highest BCUT2D eigenvalue weighted by atomic mass is 35.5. The van der Waals surface area contributed by atoms with Crippen molar-refractivity contribution in [3.8, 4) is 0 Å². The number of rotatable bonds is 4. The summed E-state index contributed by atoms with van der Waals surface area (Å²) in [5.74, 6) is -1.78. The van der Waals surface area contributed by atoms with Gasteiger partial charge < -0.3 is 5.73 Å². The zero-order valence-corrected chi connectivity index (χ0v) is 12.2. The smallest absolute Gasteiger partial charge is 0.264 e. The number of nitrogens with one attached hydrogen (secondary N) is 1. The van der Waals surface area contributed by atoms with Gasteiger partial charge in [-0.2, -0.15) is 0 Å². The molecule has 0 aliphatic carbocycles. The van der Waals surface area contributed by atoms with Crippen LogP contribution in [-0.4, -0.2) is 8.42 Å². The van der Waals surface area contributed by atoms with Crippen LogP contribution in [-0.2, 0) is 16.6 Å². The Labute approximate surface area is 125 Å². The molecule has 0 aliphatic heterocycles. The van der Waals surface area contributed by atoms with E-state index in [0.717, 1.165) is 24.3 Å². The molecule has 0 unspecified atom stereocenters. The Kier molecular flexibility index (Phi) is 4.46. The Morgan fingerprint density at radius 2 is 1.81 bits per heavy atom. The number of hydrogen-bond acceptors (Lipinski definition) is 3. The molecule has 0 bridgehead atoms. The van der Waals surface area contributed by atoms with Crippen LogP contribution in [0.15, 0.2) is 41.3 Å². The Balaban J connectivity index is 2.41. The molecule has 8 heteroatoms. The third-order valence-electron chi connectivity index (χ3n) is 2.69. The van der Waals surface area contributed by atoms with Gasteiger partial charge in [0.2, 0.25) is 0 Å². The first-order chi connectivity index (χ1) is 9.83. The van der Waals surface area contributed by atoms with Crippen LogP contribution in [0.25, 0.3) is 0 Å². The quantitative estimate of drug-likeness (QED) is 0.904. The van der Waals surface area contributed by atoms with E-state index in [2.05, 4.69) is 0 Å². The predicted molar refractivity (Wildman–Crippen MR) is 76.5 cm³/mol. The van der Waals surface area contributed by atoms with Crippen LogP contribution in [0.3, 0.4) is 0 Å². The minimum Gasteiger partial charge on any atom is -0.326 e. The molecular weight excluding hydrogens is 322 g/mol. The van der Waals surface area contributed by atoms with Gasteiger partial charge in [0, 0.05) is 11.6 Å². The van der Waals surface area contributed by atoms with Crippen molar-refractivity contribution in [3.05, 3.63) is 58.6 Å². The van der Waals surface area contributed by atoms with Crippen molar-refractivity contribution in [2.75, 3.05) is 4.72 Å². The summed E-state index contributed by atoms with van der Waals surface area (Å²) in [7, 11) is -4.27. The summed E-state index contributed by atoms with van der Waals surface area (Å²) in [5, 5.41) is 0.146. The summed E-state index contributed by atoms with van der Waals surface area (Å²) in [6.45, 7) is 0.0770. The Morgan fingerprint density at radius 1 is 1.10 bits per heavy atom. The molecule has 0 saturated heterocycles. The first-order valence-electron chi connectivity index (χ1n) is 5.80. The van der Waals surface area contributed by atoms with E-state index >= 15 is 0 Å². The zero-order chi connectivity index (χ0) is 15.6. The molecule has 2 aromatic rings. The van der Waals surface area contributed by atoms with Crippen molar-refractivity contribution in [1.29, 1.82) is 0 Å². The SMILES string of the molecule is NCc1ccc(S(=O)(=O)Nc2cc(Cl)ccc2F)c(F)c1. The number of sulfonamides is 1. The van der Waals surface area contributed by atoms with E-state index in [1.165, 1.54) is 12.1 Å². The van der Waals surface area contributed by atoms with Gasteiger partial charge in [-0.05, 0) is 35.9 Å². The normalized spacial score (nSPS) is 11.4. The van der Waals surface area contributed by atoms with Gasteiger partial charge in [0.15, 0.2) is 0 Å². The third kappa shape index (κ3) is 3.49. The molecule has 112 valence electrons. The van der Waals surface area contributed by atoms with Crippen LogP contribution < -0.4 is 10.5 Å². The molecule has 0 saturated carbocycles. The molecular formula is C13H11ClF2N2O2S. The van der Waals surface area contributed by atoms with Crippen molar-refractivity contribution < 1.29 is 17.2 Å². The first kappa shape index (κ1) is 15.7. The van der Waals surface area contributed by atoms with Crippen LogP contribution >= 0.6 is 11.6 Å². The van der Waals surface area contributed by atoms with Crippen molar-refractivity contribution in [2.45, 2.75) is 11.4 Å². The summed E-state index contributed by atoms with van der Waals surface area (Å²) in [6.07, 6.45) is 0. The fraction of sp³-hybridized carbons (Fsp3) is 0.0769. The van der Waals surface area contributed by atoms with Crippen molar-refractivity contribution >= 4 is 27.3 Å². The minimum absolute atomic E-state index is 0.0770. The van der Waals surface area contributed by atoms with E-state index in [0.29, 0.717) is 5.56 Å². The van der Waals surface area contributed by atoms with Crippen LogP contribution in [0.5, 0.6) is 0 Å². The molecule has 0 aromatic heterocycles. The van der Waals surface area contributed by atoms with E-state index in [4.69, 9.17) is 17.3 Å². The maximum Gasteiger partial charge on any atom is 0.264 e. The van der Waals surface area contributed by atoms with Crippen molar-refractivity contribution in [2.24, 2.45) is 5.73 Å². The maximum atomic E-state index is 13.8. The monoisotopic (exact) mass is 332 g/mol. The molecule has 2 aromatic carbocycles. The Morgan fingerprint density at radius 3 is 2.43 bits per heavy atom. The van der Waals surface area contributed by atoms with E-state index in [-0.39, 0.29) is 17.3 Å². The molecule has 0 fully saturated rings. The standard InChI is InChI=1S/C13H11ClF2N2O2S/c14-9-2-3-10(15)12(6-9)18-21(19,20)13-4-1-8(7-17)5-11(13)16/h1-6,18H,7,17H2. The van der Waals surface area contributed by atoms with Gasteiger partial charge in [-0.15, -0.1) is 0 Å². The maximum absolute atomic E-state index is 13.8. The van der Waals surface area contributed by atoms with Crippen LogP contribution in [0.1, 0.15) is 5.56 Å². The van der Waals surface area contributed by atoms with Gasteiger partial charge in [-0.1, -0.05) is 17.7 Å². The molecule has 21 heavy (non-hydrogen) atoms. The number of anilines is 1. The summed E-state index contributed by atoms with van der Waals surface area (Å²) >= 11 is 5.67. The van der Waals surface area contributed by atoms with Gasteiger partial charge in [-0.25, -0.2) is 17.2 Å². The van der Waals surface area contributed by atoms with Gasteiger partial charge >= 0.3 is 0 Å². The fourth-order valence-electron chi connectivity index (χ4n) is 1.66. The average Bonchev–Trinajstić information content (AvgIpc) is 2.42. The largest absolute Gasteiger partial charge is 0.326 e. The third-order valence-corrected chi connectivity index (χ3v) is 4.33. The number of nitrogens with two attached hydrogens (primary N) is 1. The summed E-state index contributed by atoms with van der Waals surface area (Å²) < 4.78 is 53.5. The lowest BCUT2D eigenvalue weighted by molar-refractivity contribution is 0.568. The summed E-state index contributed by atoms with van der Waals surface area (Å²) in [5.41, 5.74) is 5.43. The molecule has 0 radical (unpaired) electrons. The van der Waals surface area contributed by atoms with E-state index in [1.807, 2.05) is 4.72 Å². The highest BCUT2D eigenvalue weighted by Gasteiger charge is 2.21. The van der Waals surface area contributed by atoms with E-state index in [1.54, 1.807) is 0 Å². The van der Waals surface area contributed by atoms with Crippen molar-refractivity contribution in [1.82, 2.24) is 0 Å². The molecule has 2 rings (SSSR count). The summed E-state index contributed by atoms with van der Waals surface area (Å²) in [6, 6.07) is 6.84. The Bertz CT molecular complexity index is 782. The van der Waals surface area contributed by atoms with Gasteiger partial charge in [0.05, 0.1) is 5.69 Å². The van der Waals surface area contributed by atoms with Crippen molar-refractivity contribution in [3.63, 3.8) is 0 Å². The lowest BCUT2D eigenvalue weighted by Gasteiger charge is -2.10. The summed E-state index contributed by atoms with van der Waals surface area (Å²) in [4.78, 5) is -0.598. The van der Waals surface area contributed by atoms with Crippen LogP contribution in [0.4, 0.5) is 14.5 Å². The predicted octanol–water partition coefficient (Wildman–Crippen LogP) is 2.88. The Hall–Kier alpha value is -1.70. The number of hydrogen-bond donors (Lipinski definition) is 2. The van der Waals surface area contributed by atoms with E-state index in [9.17, 15) is 17.2 Å². The lowest BCUT2D eigenvalue weighted by Crippen LogP contribution is -2.16. The highest BCUT2D eigenvalue weighted by Crippen LogP contribution is 2.24. The second-order valence-corrected chi connectivity index (χ2v) is 6.29. The number of benzene rings is 2.